The standard InChI is InChI=1S/C11H11FN2O3/c1-2-14-10(16)7-4-3-6(5-15)8(12)9(7)13-11(14)17/h3-4,15H,2,5H2,1H3,(H,13,17). The summed E-state index contributed by atoms with van der Waals surface area (Å²) in [6.07, 6.45) is 0. The second-order valence-corrected chi connectivity index (χ2v) is 3.60. The number of fused-ring (bicyclic) bond motifs is 1. The fraction of sp³-hybridized carbons (Fsp3) is 0.273. The van der Waals surface area contributed by atoms with E-state index in [-0.39, 0.29) is 23.0 Å². The van der Waals surface area contributed by atoms with Gasteiger partial charge in [0, 0.05) is 12.1 Å². The molecule has 0 amide bonds. The minimum absolute atomic E-state index is 0.0433. The van der Waals surface area contributed by atoms with Crippen LogP contribution in [0.15, 0.2) is 21.7 Å². The van der Waals surface area contributed by atoms with Crippen LogP contribution in [0, 0.1) is 5.82 Å². The number of hydrogen-bond acceptors (Lipinski definition) is 3. The third-order valence-electron chi connectivity index (χ3n) is 2.66. The Hall–Kier alpha value is -1.95. The number of aromatic amines is 1. The van der Waals surface area contributed by atoms with E-state index in [2.05, 4.69) is 4.98 Å². The van der Waals surface area contributed by atoms with Gasteiger partial charge in [-0.3, -0.25) is 9.36 Å². The Bertz CT molecular complexity index is 687. The molecule has 0 radical (unpaired) electrons. The zero-order valence-electron chi connectivity index (χ0n) is 9.16. The lowest BCUT2D eigenvalue weighted by Gasteiger charge is -2.06. The monoisotopic (exact) mass is 238 g/mol. The second kappa shape index (κ2) is 4.14. The van der Waals surface area contributed by atoms with Crippen LogP contribution in [0.3, 0.4) is 0 Å². The molecule has 5 nitrogen and oxygen atoms in total. The molecule has 0 atom stereocenters. The topological polar surface area (TPSA) is 75.1 Å². The molecule has 17 heavy (non-hydrogen) atoms. The van der Waals surface area contributed by atoms with Crippen LogP contribution >= 0.6 is 0 Å². The first-order chi connectivity index (χ1) is 8.10. The number of hydrogen-bond donors (Lipinski definition) is 2. The lowest BCUT2D eigenvalue weighted by atomic mass is 10.1. The Kier molecular flexibility index (Phi) is 2.81. The van der Waals surface area contributed by atoms with Crippen LogP contribution in [0.25, 0.3) is 10.9 Å². The second-order valence-electron chi connectivity index (χ2n) is 3.60. The number of aromatic nitrogens is 2. The van der Waals surface area contributed by atoms with Crippen molar-refractivity contribution in [1.82, 2.24) is 9.55 Å². The van der Waals surface area contributed by atoms with Crippen molar-refractivity contribution in [3.63, 3.8) is 0 Å². The lowest BCUT2D eigenvalue weighted by Crippen LogP contribution is -2.34. The van der Waals surface area contributed by atoms with Crippen molar-refractivity contribution < 1.29 is 9.50 Å². The molecular formula is C11H11FN2O3. The number of aliphatic hydroxyl groups excluding tert-OH is 1. The van der Waals surface area contributed by atoms with E-state index in [1.165, 1.54) is 12.1 Å². The molecule has 0 bridgehead atoms. The first kappa shape index (κ1) is 11.5. The van der Waals surface area contributed by atoms with Crippen molar-refractivity contribution >= 4 is 10.9 Å². The molecule has 0 aliphatic carbocycles. The summed E-state index contributed by atoms with van der Waals surface area (Å²) in [7, 11) is 0. The van der Waals surface area contributed by atoms with Gasteiger partial charge in [-0.1, -0.05) is 6.07 Å². The predicted octanol–water partition coefficient (Wildman–Crippen LogP) is 0.341. The number of aliphatic hydroxyl groups is 1. The molecule has 2 rings (SSSR count). The van der Waals surface area contributed by atoms with Gasteiger partial charge in [0.2, 0.25) is 0 Å². The summed E-state index contributed by atoms with van der Waals surface area (Å²) in [6, 6.07) is 2.73. The maximum Gasteiger partial charge on any atom is 0.328 e. The normalized spacial score (nSPS) is 11.0. The molecule has 1 aromatic carbocycles. The van der Waals surface area contributed by atoms with Gasteiger partial charge >= 0.3 is 5.69 Å². The zero-order valence-corrected chi connectivity index (χ0v) is 9.16. The first-order valence-electron chi connectivity index (χ1n) is 5.15. The molecule has 0 saturated carbocycles. The molecule has 90 valence electrons. The Morgan fingerprint density at radius 2 is 2.12 bits per heavy atom. The number of nitrogens with one attached hydrogen (secondary N) is 1. The van der Waals surface area contributed by atoms with Crippen molar-refractivity contribution in [2.24, 2.45) is 0 Å². The van der Waals surface area contributed by atoms with Gasteiger partial charge in [-0.25, -0.2) is 9.18 Å². The highest BCUT2D eigenvalue weighted by Crippen LogP contribution is 2.15. The molecule has 0 aliphatic rings. The first-order valence-corrected chi connectivity index (χ1v) is 5.15. The van der Waals surface area contributed by atoms with Gasteiger partial charge in [0.15, 0.2) is 5.82 Å². The summed E-state index contributed by atoms with van der Waals surface area (Å²) >= 11 is 0. The quantitative estimate of drug-likeness (QED) is 0.792. The van der Waals surface area contributed by atoms with E-state index >= 15 is 0 Å². The Morgan fingerprint density at radius 3 is 2.71 bits per heavy atom. The summed E-state index contributed by atoms with van der Waals surface area (Å²) in [5.74, 6) is -0.762. The minimum atomic E-state index is -0.762. The Morgan fingerprint density at radius 1 is 1.41 bits per heavy atom. The van der Waals surface area contributed by atoms with Gasteiger partial charge < -0.3 is 10.1 Å². The smallest absolute Gasteiger partial charge is 0.328 e. The van der Waals surface area contributed by atoms with Crippen LogP contribution in [0.1, 0.15) is 12.5 Å². The molecule has 1 aromatic heterocycles. The fourth-order valence-electron chi connectivity index (χ4n) is 1.74. The molecule has 2 aromatic rings. The molecule has 0 spiro atoms. The van der Waals surface area contributed by atoms with Crippen LogP contribution in [0.4, 0.5) is 4.39 Å². The number of nitrogens with zero attached hydrogens (tertiary/aromatic N) is 1. The van der Waals surface area contributed by atoms with Crippen molar-refractivity contribution in [3.8, 4) is 0 Å². The Labute approximate surface area is 95.1 Å². The maximum absolute atomic E-state index is 13.8. The molecule has 6 heteroatoms. The molecule has 2 N–H and O–H groups in total. The van der Waals surface area contributed by atoms with Gasteiger partial charge in [0.05, 0.1) is 17.5 Å². The highest BCUT2D eigenvalue weighted by molar-refractivity contribution is 5.78. The van der Waals surface area contributed by atoms with Crippen molar-refractivity contribution in [2.45, 2.75) is 20.1 Å². The van der Waals surface area contributed by atoms with Crippen molar-refractivity contribution in [1.29, 1.82) is 0 Å². The average molecular weight is 238 g/mol. The third kappa shape index (κ3) is 1.66. The summed E-state index contributed by atoms with van der Waals surface area (Å²) in [6.45, 7) is 1.38. The summed E-state index contributed by atoms with van der Waals surface area (Å²) in [5, 5.41) is 9.00. The summed E-state index contributed by atoms with van der Waals surface area (Å²) in [5.41, 5.74) is -1.30. The van der Waals surface area contributed by atoms with Crippen LogP contribution in [-0.2, 0) is 13.2 Å². The molecular weight excluding hydrogens is 227 g/mol. The van der Waals surface area contributed by atoms with Crippen LogP contribution < -0.4 is 11.2 Å². The van der Waals surface area contributed by atoms with Gasteiger partial charge in [0.25, 0.3) is 5.56 Å². The van der Waals surface area contributed by atoms with Crippen LogP contribution in [0.5, 0.6) is 0 Å². The van der Waals surface area contributed by atoms with Gasteiger partial charge in [-0.2, -0.15) is 0 Å². The number of H-pyrrole nitrogens is 1. The summed E-state index contributed by atoms with van der Waals surface area (Å²) < 4.78 is 14.8. The molecule has 0 fully saturated rings. The largest absolute Gasteiger partial charge is 0.392 e. The van der Waals surface area contributed by atoms with E-state index < -0.39 is 23.7 Å². The molecule has 0 aliphatic heterocycles. The molecule has 1 heterocycles. The van der Waals surface area contributed by atoms with E-state index in [0.717, 1.165) is 4.57 Å². The number of rotatable bonds is 2. The van der Waals surface area contributed by atoms with E-state index in [0.29, 0.717) is 0 Å². The van der Waals surface area contributed by atoms with Crippen molar-refractivity contribution in [2.75, 3.05) is 0 Å². The van der Waals surface area contributed by atoms with Gasteiger partial charge in [0.1, 0.15) is 0 Å². The van der Waals surface area contributed by atoms with E-state index in [4.69, 9.17) is 5.11 Å². The number of benzene rings is 1. The Balaban J connectivity index is 2.97. The van der Waals surface area contributed by atoms with Gasteiger partial charge in [-0.15, -0.1) is 0 Å². The SMILES string of the molecule is CCn1c(=O)[nH]c2c(F)c(CO)ccc2c1=O. The molecule has 0 saturated heterocycles. The lowest BCUT2D eigenvalue weighted by molar-refractivity contribution is 0.276. The third-order valence-corrected chi connectivity index (χ3v) is 2.66. The highest BCUT2D eigenvalue weighted by atomic mass is 19.1. The summed E-state index contributed by atoms with van der Waals surface area (Å²) in [4.78, 5) is 25.7. The van der Waals surface area contributed by atoms with E-state index in [9.17, 15) is 14.0 Å². The highest BCUT2D eigenvalue weighted by Gasteiger charge is 2.12. The van der Waals surface area contributed by atoms with Crippen LogP contribution in [0.2, 0.25) is 0 Å². The molecule has 0 unspecified atom stereocenters. The maximum atomic E-state index is 13.8. The average Bonchev–Trinajstić information content (AvgIpc) is 2.31. The number of halogens is 1. The van der Waals surface area contributed by atoms with E-state index in [1.807, 2.05) is 0 Å². The van der Waals surface area contributed by atoms with Crippen LogP contribution in [-0.4, -0.2) is 14.7 Å². The van der Waals surface area contributed by atoms with E-state index in [1.54, 1.807) is 6.92 Å². The van der Waals surface area contributed by atoms with Crippen molar-refractivity contribution in [3.05, 3.63) is 44.4 Å². The minimum Gasteiger partial charge on any atom is -0.392 e. The zero-order chi connectivity index (χ0) is 12.6. The van der Waals surface area contributed by atoms with Gasteiger partial charge in [-0.05, 0) is 13.0 Å². The fourth-order valence-corrected chi connectivity index (χ4v) is 1.74. The predicted molar refractivity (Wildman–Crippen MR) is 60.4 cm³/mol.